The van der Waals surface area contributed by atoms with E-state index in [0.29, 0.717) is 22.2 Å². The van der Waals surface area contributed by atoms with E-state index in [4.69, 9.17) is 0 Å². The van der Waals surface area contributed by atoms with Crippen LogP contribution in [0, 0.1) is 11.6 Å². The molecule has 3 heterocycles. The topological polar surface area (TPSA) is 132 Å². The zero-order valence-electron chi connectivity index (χ0n) is 23.0. The molecule has 2 aromatic carbocycles. The summed E-state index contributed by atoms with van der Waals surface area (Å²) in [6.45, 7) is 7.55. The fraction of sp³-hybridized carbons (Fsp3) is 0.321. The quantitative estimate of drug-likeness (QED) is 0.256. The van der Waals surface area contributed by atoms with Gasteiger partial charge in [-0.3, -0.25) is 9.69 Å². The van der Waals surface area contributed by atoms with Crippen LogP contribution < -0.4 is 16.0 Å². The number of H-pyrrole nitrogens is 1. The number of halogens is 2. The van der Waals surface area contributed by atoms with Crippen molar-refractivity contribution in [3.05, 3.63) is 60.4 Å². The third-order valence-electron chi connectivity index (χ3n) is 7.09. The number of nitrogens with zero attached hydrogens (tertiary/aromatic N) is 3. The molecule has 10 nitrogen and oxygen atoms in total. The van der Waals surface area contributed by atoms with Crippen molar-refractivity contribution in [3.63, 3.8) is 0 Å². The number of aromatic amines is 1. The van der Waals surface area contributed by atoms with Crippen molar-refractivity contribution in [3.8, 4) is 11.3 Å². The number of amides is 1. The summed E-state index contributed by atoms with van der Waals surface area (Å²) in [5.41, 5.74) is 1.30. The van der Waals surface area contributed by atoms with E-state index >= 15 is 0 Å². The van der Waals surface area contributed by atoms with Crippen LogP contribution in [0.3, 0.4) is 0 Å². The highest BCUT2D eigenvalue weighted by molar-refractivity contribution is 7.90. The van der Waals surface area contributed by atoms with Crippen LogP contribution in [0.25, 0.3) is 22.2 Å². The molecule has 41 heavy (non-hydrogen) atoms. The van der Waals surface area contributed by atoms with Gasteiger partial charge in [0.15, 0.2) is 21.5 Å². The van der Waals surface area contributed by atoms with Gasteiger partial charge in [-0.1, -0.05) is 18.2 Å². The fourth-order valence-corrected chi connectivity index (χ4v) is 5.93. The summed E-state index contributed by atoms with van der Waals surface area (Å²) < 4.78 is 53.6. The summed E-state index contributed by atoms with van der Waals surface area (Å²) in [6.07, 6.45) is 3.43. The lowest BCUT2D eigenvalue weighted by Gasteiger charge is -2.39. The molecule has 0 unspecified atom stereocenters. The van der Waals surface area contributed by atoms with Crippen molar-refractivity contribution in [2.75, 3.05) is 30.0 Å². The van der Waals surface area contributed by atoms with Crippen LogP contribution in [0.5, 0.6) is 0 Å². The molecule has 13 heteroatoms. The minimum atomic E-state index is -3.81. The highest BCUT2D eigenvalue weighted by Gasteiger charge is 2.29. The minimum Gasteiger partial charge on any atom is -0.359 e. The first kappa shape index (κ1) is 28.6. The number of carbonyl (C=O) groups is 1. The third kappa shape index (κ3) is 5.92. The van der Waals surface area contributed by atoms with Gasteiger partial charge in [0, 0.05) is 48.6 Å². The van der Waals surface area contributed by atoms with E-state index in [1.807, 2.05) is 6.92 Å². The molecule has 0 saturated carbocycles. The first-order valence-corrected chi connectivity index (χ1v) is 15.0. The monoisotopic (exact) mass is 583 g/mol. The molecule has 1 amide bonds. The highest BCUT2D eigenvalue weighted by atomic mass is 32.2. The predicted octanol–water partition coefficient (Wildman–Crippen LogP) is 4.06. The smallest absolute Gasteiger partial charge is 0.241 e. The van der Waals surface area contributed by atoms with E-state index in [-0.39, 0.29) is 41.4 Å². The van der Waals surface area contributed by atoms with Crippen molar-refractivity contribution in [2.24, 2.45) is 0 Å². The Morgan fingerprint density at radius 1 is 1.10 bits per heavy atom. The Bertz CT molecular complexity index is 1720. The summed E-state index contributed by atoms with van der Waals surface area (Å²) in [7, 11) is -3.81. The Hall–Kier alpha value is -3.94. The highest BCUT2D eigenvalue weighted by Crippen LogP contribution is 2.34. The minimum absolute atomic E-state index is 0.0611. The number of rotatable bonds is 7. The van der Waals surface area contributed by atoms with Crippen LogP contribution in [0.2, 0.25) is 0 Å². The number of sulfone groups is 1. The van der Waals surface area contributed by atoms with Crippen molar-refractivity contribution in [1.82, 2.24) is 25.2 Å². The van der Waals surface area contributed by atoms with Gasteiger partial charge in [0.2, 0.25) is 11.9 Å². The third-order valence-corrected chi connectivity index (χ3v) is 8.21. The molecule has 3 atom stereocenters. The molecule has 1 saturated heterocycles. The molecule has 1 fully saturated rings. The molecule has 4 aromatic rings. The molecule has 0 radical (unpaired) electrons. The molecule has 216 valence electrons. The Morgan fingerprint density at radius 3 is 2.49 bits per heavy atom. The van der Waals surface area contributed by atoms with E-state index < -0.39 is 26.4 Å². The summed E-state index contributed by atoms with van der Waals surface area (Å²) in [6, 6.07) is 9.32. The standard InChI is InChI=1S/C28H31F2N7O3S/c1-15-13-37(14-16(2)33-15)17(3)27(38)34-22-9-5-7-18-19(11-31-26(18)22)25-20(29)12-32-28(36-25)35-21-8-6-10-23(24(21)30)41(4,39)40/h5-12,15-17,31,33H,13-14H2,1-4H3,(H,34,38)(H,32,35,36)/t15-,16-,17+/m0/s1. The molecular weight excluding hydrogens is 552 g/mol. The van der Waals surface area contributed by atoms with Crippen LogP contribution in [0.15, 0.2) is 53.7 Å². The van der Waals surface area contributed by atoms with E-state index in [0.717, 1.165) is 31.6 Å². The van der Waals surface area contributed by atoms with Crippen LogP contribution in [-0.4, -0.2) is 71.6 Å². The molecule has 1 aliphatic heterocycles. The number of hydrogen-bond donors (Lipinski definition) is 4. The number of hydrogen-bond acceptors (Lipinski definition) is 8. The number of aromatic nitrogens is 3. The van der Waals surface area contributed by atoms with Crippen LogP contribution >= 0.6 is 0 Å². The van der Waals surface area contributed by atoms with Gasteiger partial charge in [0.05, 0.1) is 29.1 Å². The number of nitrogens with one attached hydrogen (secondary N) is 4. The molecule has 0 spiro atoms. The van der Waals surface area contributed by atoms with Gasteiger partial charge in [0.25, 0.3) is 0 Å². The number of fused-ring (bicyclic) bond motifs is 1. The van der Waals surface area contributed by atoms with Gasteiger partial charge in [-0.2, -0.15) is 0 Å². The van der Waals surface area contributed by atoms with Gasteiger partial charge >= 0.3 is 0 Å². The van der Waals surface area contributed by atoms with Crippen molar-refractivity contribution in [1.29, 1.82) is 0 Å². The van der Waals surface area contributed by atoms with Crippen LogP contribution in [0.1, 0.15) is 20.8 Å². The Labute approximate surface area is 236 Å². The second-order valence-corrected chi connectivity index (χ2v) is 12.4. The van der Waals surface area contributed by atoms with E-state index in [1.165, 1.54) is 12.1 Å². The Kier molecular flexibility index (Phi) is 7.77. The molecule has 5 rings (SSSR count). The number of para-hydroxylation sites is 1. The van der Waals surface area contributed by atoms with Gasteiger partial charge in [-0.25, -0.2) is 27.2 Å². The molecule has 4 N–H and O–H groups in total. The van der Waals surface area contributed by atoms with Gasteiger partial charge in [-0.15, -0.1) is 0 Å². The van der Waals surface area contributed by atoms with Crippen LogP contribution in [0.4, 0.5) is 26.1 Å². The van der Waals surface area contributed by atoms with E-state index in [1.54, 1.807) is 24.4 Å². The van der Waals surface area contributed by atoms with Crippen molar-refractivity contribution < 1.29 is 22.0 Å². The Balaban J connectivity index is 1.42. The summed E-state index contributed by atoms with van der Waals surface area (Å²) in [4.78, 5) is 26.1. The maximum atomic E-state index is 15.0. The zero-order chi connectivity index (χ0) is 29.5. The number of anilines is 3. The van der Waals surface area contributed by atoms with Gasteiger partial charge in [-0.05, 0) is 39.0 Å². The molecule has 1 aliphatic rings. The SMILES string of the molecule is C[C@H](C(=O)Nc1cccc2c(-c3nc(Nc4cccc(S(C)(=O)=O)c4F)ncc3F)c[nH]c12)N1C[C@H](C)N[C@@H](C)C1. The van der Waals surface area contributed by atoms with E-state index in [9.17, 15) is 22.0 Å². The van der Waals surface area contributed by atoms with Crippen molar-refractivity contribution >= 4 is 44.0 Å². The average molecular weight is 584 g/mol. The summed E-state index contributed by atoms with van der Waals surface area (Å²) >= 11 is 0. The first-order chi connectivity index (χ1) is 19.4. The van der Waals surface area contributed by atoms with Crippen LogP contribution in [-0.2, 0) is 14.6 Å². The number of carbonyl (C=O) groups excluding carboxylic acids is 1. The number of piperazine rings is 1. The first-order valence-electron chi connectivity index (χ1n) is 13.1. The summed E-state index contributed by atoms with van der Waals surface area (Å²) in [5.74, 6) is -1.99. The lowest BCUT2D eigenvalue weighted by atomic mass is 10.1. The molecular formula is C28H31F2N7O3S. The second-order valence-electron chi connectivity index (χ2n) is 10.4. The predicted molar refractivity (Wildman–Crippen MR) is 154 cm³/mol. The lowest BCUT2D eigenvalue weighted by Crippen LogP contribution is -2.58. The lowest BCUT2D eigenvalue weighted by molar-refractivity contribution is -0.121. The normalized spacial score (nSPS) is 18.8. The second kappa shape index (κ2) is 11.1. The zero-order valence-corrected chi connectivity index (χ0v) is 23.8. The fourth-order valence-electron chi connectivity index (χ4n) is 5.17. The average Bonchev–Trinajstić information content (AvgIpc) is 3.34. The largest absolute Gasteiger partial charge is 0.359 e. The maximum Gasteiger partial charge on any atom is 0.241 e. The summed E-state index contributed by atoms with van der Waals surface area (Å²) in [5, 5.41) is 9.71. The number of benzene rings is 2. The molecule has 0 aliphatic carbocycles. The molecule has 2 aromatic heterocycles. The van der Waals surface area contributed by atoms with Gasteiger partial charge < -0.3 is 20.9 Å². The van der Waals surface area contributed by atoms with E-state index in [2.05, 4.69) is 49.6 Å². The van der Waals surface area contributed by atoms with Crippen molar-refractivity contribution in [2.45, 2.75) is 43.8 Å². The van der Waals surface area contributed by atoms with Gasteiger partial charge in [0.1, 0.15) is 10.6 Å². The Morgan fingerprint density at radius 2 is 1.78 bits per heavy atom. The molecule has 0 bridgehead atoms. The maximum absolute atomic E-state index is 15.0.